The van der Waals surface area contributed by atoms with Crippen molar-refractivity contribution < 1.29 is 5.11 Å². The van der Waals surface area contributed by atoms with Crippen LogP contribution in [0.1, 0.15) is 0 Å². The van der Waals surface area contributed by atoms with Crippen LogP contribution in [0, 0.1) is 0 Å². The topological polar surface area (TPSA) is 50.4 Å². The predicted octanol–water partition coefficient (Wildman–Crippen LogP) is 5.44. The van der Waals surface area contributed by atoms with Crippen LogP contribution in [-0.4, -0.2) is 19.7 Å². The second-order valence-corrected chi connectivity index (χ2v) is 6.62. The van der Waals surface area contributed by atoms with E-state index in [1.54, 1.807) is 12.1 Å². The van der Waals surface area contributed by atoms with Crippen LogP contribution >= 0.6 is 0 Å². The van der Waals surface area contributed by atoms with Gasteiger partial charge in [0.05, 0.1) is 17.6 Å². The molecule has 0 aliphatic heterocycles. The van der Waals surface area contributed by atoms with E-state index in [0.717, 1.165) is 28.2 Å². The third-order valence-electron chi connectivity index (χ3n) is 4.81. The minimum atomic E-state index is 0.242. The summed E-state index contributed by atoms with van der Waals surface area (Å²) in [6.07, 6.45) is 1.85. The van der Waals surface area contributed by atoms with Crippen molar-refractivity contribution in [3.8, 4) is 39.4 Å². The van der Waals surface area contributed by atoms with Gasteiger partial charge in [0.15, 0.2) is 5.65 Å². The molecule has 4 heteroatoms. The van der Waals surface area contributed by atoms with Crippen molar-refractivity contribution in [1.82, 2.24) is 14.6 Å². The molecule has 5 aromatic rings. The Morgan fingerprint density at radius 3 is 2.00 bits per heavy atom. The SMILES string of the molecule is Oc1ccc(-c2ccc3ncc(-c4ccc(-c5ccccc5)cc4)n3n2)cc1. The van der Waals surface area contributed by atoms with Crippen LogP contribution < -0.4 is 0 Å². The van der Waals surface area contributed by atoms with Crippen LogP contribution in [0.25, 0.3) is 39.3 Å². The number of imidazole rings is 1. The number of rotatable bonds is 3. The van der Waals surface area contributed by atoms with Gasteiger partial charge in [0.2, 0.25) is 0 Å². The summed E-state index contributed by atoms with van der Waals surface area (Å²) in [5.41, 5.74) is 6.93. The van der Waals surface area contributed by atoms with Gasteiger partial charge in [-0.25, -0.2) is 9.50 Å². The van der Waals surface area contributed by atoms with Crippen LogP contribution in [0.15, 0.2) is 97.2 Å². The second-order valence-electron chi connectivity index (χ2n) is 6.62. The highest BCUT2D eigenvalue weighted by molar-refractivity contribution is 5.70. The fourth-order valence-electron chi connectivity index (χ4n) is 3.32. The van der Waals surface area contributed by atoms with Gasteiger partial charge in [0, 0.05) is 11.1 Å². The fraction of sp³-hybridized carbons (Fsp3) is 0. The van der Waals surface area contributed by atoms with E-state index in [2.05, 4.69) is 41.4 Å². The Balaban J connectivity index is 1.55. The lowest BCUT2D eigenvalue weighted by atomic mass is 10.0. The first-order chi connectivity index (χ1) is 13.8. The molecule has 0 amide bonds. The van der Waals surface area contributed by atoms with Gasteiger partial charge < -0.3 is 5.11 Å². The molecule has 0 unspecified atom stereocenters. The van der Waals surface area contributed by atoms with Gasteiger partial charge in [0.1, 0.15) is 5.75 Å². The number of nitrogens with zero attached hydrogens (tertiary/aromatic N) is 3. The fourth-order valence-corrected chi connectivity index (χ4v) is 3.32. The molecule has 2 aromatic heterocycles. The van der Waals surface area contributed by atoms with Crippen LogP contribution in [-0.2, 0) is 0 Å². The van der Waals surface area contributed by atoms with E-state index in [1.165, 1.54) is 11.1 Å². The van der Waals surface area contributed by atoms with Crippen molar-refractivity contribution in [2.45, 2.75) is 0 Å². The Labute approximate surface area is 162 Å². The maximum Gasteiger partial charge on any atom is 0.154 e. The summed E-state index contributed by atoms with van der Waals surface area (Å²) in [5.74, 6) is 0.242. The molecular weight excluding hydrogens is 346 g/mol. The Morgan fingerprint density at radius 1 is 0.607 bits per heavy atom. The first-order valence-electron chi connectivity index (χ1n) is 9.08. The van der Waals surface area contributed by atoms with Crippen molar-refractivity contribution in [2.75, 3.05) is 0 Å². The zero-order valence-electron chi connectivity index (χ0n) is 15.0. The second kappa shape index (κ2) is 6.67. The molecular formula is C24H17N3O. The molecule has 0 fully saturated rings. The van der Waals surface area contributed by atoms with Gasteiger partial charge >= 0.3 is 0 Å². The predicted molar refractivity (Wildman–Crippen MR) is 111 cm³/mol. The molecule has 4 nitrogen and oxygen atoms in total. The lowest BCUT2D eigenvalue weighted by Gasteiger charge is -2.06. The zero-order chi connectivity index (χ0) is 18.9. The summed E-state index contributed by atoms with van der Waals surface area (Å²) < 4.78 is 1.86. The molecule has 0 spiro atoms. The third kappa shape index (κ3) is 2.91. The highest BCUT2D eigenvalue weighted by Gasteiger charge is 2.09. The largest absolute Gasteiger partial charge is 0.508 e. The molecule has 0 saturated heterocycles. The van der Waals surface area contributed by atoms with E-state index in [9.17, 15) is 5.11 Å². The Morgan fingerprint density at radius 2 is 1.25 bits per heavy atom. The Bertz CT molecular complexity index is 1240. The molecule has 134 valence electrons. The number of phenols is 1. The molecule has 1 N–H and O–H groups in total. The van der Waals surface area contributed by atoms with E-state index in [4.69, 9.17) is 5.10 Å². The number of hydrogen-bond donors (Lipinski definition) is 1. The van der Waals surface area contributed by atoms with E-state index in [-0.39, 0.29) is 5.75 Å². The van der Waals surface area contributed by atoms with E-state index in [0.29, 0.717) is 0 Å². The number of aromatic nitrogens is 3. The highest BCUT2D eigenvalue weighted by atomic mass is 16.3. The number of phenolic OH excluding ortho intramolecular Hbond substituents is 1. The maximum atomic E-state index is 9.50. The van der Waals surface area contributed by atoms with Crippen molar-refractivity contribution in [1.29, 1.82) is 0 Å². The standard InChI is InChI=1S/C24H17N3O/c28-21-12-10-19(11-13-21)22-14-15-24-25-16-23(27(24)26-22)20-8-6-18(7-9-20)17-4-2-1-3-5-17/h1-16,28H. The number of benzene rings is 3. The summed E-state index contributed by atoms with van der Waals surface area (Å²) in [6.45, 7) is 0. The summed E-state index contributed by atoms with van der Waals surface area (Å²) in [6, 6.07) is 29.7. The van der Waals surface area contributed by atoms with Gasteiger partial charge in [-0.2, -0.15) is 5.10 Å². The van der Waals surface area contributed by atoms with Gasteiger partial charge in [0.25, 0.3) is 0 Å². The highest BCUT2D eigenvalue weighted by Crippen LogP contribution is 2.26. The summed E-state index contributed by atoms with van der Waals surface area (Å²) in [4.78, 5) is 4.48. The molecule has 2 heterocycles. The smallest absolute Gasteiger partial charge is 0.154 e. The quantitative estimate of drug-likeness (QED) is 0.465. The molecule has 0 aliphatic carbocycles. The molecule has 0 aliphatic rings. The molecule has 0 radical (unpaired) electrons. The minimum absolute atomic E-state index is 0.242. The van der Waals surface area contributed by atoms with E-state index >= 15 is 0 Å². The van der Waals surface area contributed by atoms with Crippen LogP contribution in [0.2, 0.25) is 0 Å². The average Bonchev–Trinajstić information content (AvgIpc) is 3.18. The van der Waals surface area contributed by atoms with Gasteiger partial charge in [-0.15, -0.1) is 0 Å². The molecule has 0 saturated carbocycles. The molecule has 3 aromatic carbocycles. The molecule has 5 rings (SSSR count). The van der Waals surface area contributed by atoms with Crippen LogP contribution in [0.4, 0.5) is 0 Å². The van der Waals surface area contributed by atoms with E-state index in [1.807, 2.05) is 53.2 Å². The normalized spacial score (nSPS) is 11.0. The Hall–Kier alpha value is -3.92. The van der Waals surface area contributed by atoms with Gasteiger partial charge in [-0.3, -0.25) is 0 Å². The van der Waals surface area contributed by atoms with Gasteiger partial charge in [-0.05, 0) is 47.5 Å². The lowest BCUT2D eigenvalue weighted by Crippen LogP contribution is -1.96. The van der Waals surface area contributed by atoms with Gasteiger partial charge in [-0.1, -0.05) is 54.6 Å². The maximum absolute atomic E-state index is 9.50. The first-order valence-corrected chi connectivity index (χ1v) is 9.08. The average molecular weight is 363 g/mol. The summed E-state index contributed by atoms with van der Waals surface area (Å²) in [7, 11) is 0. The molecule has 28 heavy (non-hydrogen) atoms. The third-order valence-corrected chi connectivity index (χ3v) is 4.81. The van der Waals surface area contributed by atoms with Crippen LogP contribution in [0.5, 0.6) is 5.75 Å². The van der Waals surface area contributed by atoms with Crippen molar-refractivity contribution >= 4 is 5.65 Å². The molecule has 0 bridgehead atoms. The number of fused-ring (bicyclic) bond motifs is 1. The van der Waals surface area contributed by atoms with Crippen LogP contribution in [0.3, 0.4) is 0 Å². The van der Waals surface area contributed by atoms with E-state index < -0.39 is 0 Å². The summed E-state index contributed by atoms with van der Waals surface area (Å²) >= 11 is 0. The lowest BCUT2D eigenvalue weighted by molar-refractivity contribution is 0.475. The number of aromatic hydroxyl groups is 1. The number of hydrogen-bond acceptors (Lipinski definition) is 3. The van der Waals surface area contributed by atoms with Crippen molar-refractivity contribution in [3.05, 3.63) is 97.2 Å². The van der Waals surface area contributed by atoms with Crippen molar-refractivity contribution in [3.63, 3.8) is 0 Å². The monoisotopic (exact) mass is 363 g/mol. The Kier molecular flexibility index (Phi) is 3.87. The summed E-state index contributed by atoms with van der Waals surface area (Å²) in [5, 5.41) is 14.3. The van der Waals surface area contributed by atoms with Crippen molar-refractivity contribution in [2.24, 2.45) is 0 Å². The minimum Gasteiger partial charge on any atom is -0.508 e. The first kappa shape index (κ1) is 16.3. The zero-order valence-corrected chi connectivity index (χ0v) is 15.0. The molecule has 0 atom stereocenters.